The van der Waals surface area contributed by atoms with E-state index in [2.05, 4.69) is 6.92 Å². The van der Waals surface area contributed by atoms with Gasteiger partial charge in [0.25, 0.3) is 0 Å². The van der Waals surface area contributed by atoms with Gasteiger partial charge in [-0.3, -0.25) is 4.48 Å². The predicted molar refractivity (Wildman–Crippen MR) is 133 cm³/mol. The Kier molecular flexibility index (Phi) is 17.4. The van der Waals surface area contributed by atoms with Gasteiger partial charge in [-0.1, -0.05) is 91.9 Å². The summed E-state index contributed by atoms with van der Waals surface area (Å²) >= 11 is 0. The Balaban J connectivity index is 5.21. The molecule has 0 aromatic heterocycles. The van der Waals surface area contributed by atoms with Crippen LogP contribution in [0.15, 0.2) is 12.3 Å². The minimum absolute atomic E-state index is 0.0820. The molecule has 0 rings (SSSR count). The summed E-state index contributed by atoms with van der Waals surface area (Å²) in [5.74, 6) is -3.80. The average Bonchev–Trinajstić information content (AvgIpc) is 2.77. The number of rotatable bonds is 22. The second-order valence-corrected chi connectivity index (χ2v) is 9.37. The van der Waals surface area contributed by atoms with Crippen LogP contribution in [0.25, 0.3) is 0 Å². The number of carbonyl (C=O) groups excluding carboxylic acids is 1. The number of quaternary nitrogens is 1. The summed E-state index contributed by atoms with van der Waals surface area (Å²) in [7, 11) is 0. The third-order valence-electron chi connectivity index (χ3n) is 6.96. The summed E-state index contributed by atoms with van der Waals surface area (Å²) < 4.78 is -0.644. The number of carboxylic acids is 3. The molecule has 0 aromatic rings. The fraction of sp³-hybridized carbons (Fsp3) is 0.815. The molecular weight excluding hydrogens is 434 g/mol. The van der Waals surface area contributed by atoms with Crippen molar-refractivity contribution in [3.05, 3.63) is 12.3 Å². The van der Waals surface area contributed by atoms with Gasteiger partial charge in [-0.15, -0.1) is 0 Å². The Hall–Kier alpha value is -1.89. The number of hydrogen-bond acceptors (Lipinski definition) is 4. The molecule has 7 heteroatoms. The van der Waals surface area contributed by atoms with Crippen LogP contribution in [0.1, 0.15) is 124 Å². The van der Waals surface area contributed by atoms with Gasteiger partial charge in [-0.05, 0) is 18.9 Å². The summed E-state index contributed by atoms with van der Waals surface area (Å²) in [6.45, 7) is 7.16. The quantitative estimate of drug-likeness (QED) is 0.160. The van der Waals surface area contributed by atoms with Crippen molar-refractivity contribution in [1.82, 2.24) is 0 Å². The zero-order chi connectivity index (χ0) is 26.0. The van der Waals surface area contributed by atoms with Crippen LogP contribution in [-0.2, 0) is 14.4 Å². The zero-order valence-electron chi connectivity index (χ0n) is 22.0. The molecule has 3 atom stereocenters. The van der Waals surface area contributed by atoms with Crippen LogP contribution in [0.3, 0.4) is 0 Å². The SMILES string of the molecule is CCCCCCCCCCCCC/C=C/[N+](C(CC)C(=O)[O-])(C(CC)C(=O)O)C(CC)C(=O)O. The van der Waals surface area contributed by atoms with E-state index in [0.29, 0.717) is 6.42 Å². The van der Waals surface area contributed by atoms with Gasteiger partial charge >= 0.3 is 11.9 Å². The number of nitrogens with zero attached hydrogens (tertiary/aromatic N) is 1. The van der Waals surface area contributed by atoms with E-state index in [-0.39, 0.29) is 19.3 Å². The smallest absolute Gasteiger partial charge is 0.362 e. The van der Waals surface area contributed by atoms with E-state index < -0.39 is 40.5 Å². The molecule has 0 fully saturated rings. The van der Waals surface area contributed by atoms with E-state index in [4.69, 9.17) is 0 Å². The maximum absolute atomic E-state index is 12.1. The van der Waals surface area contributed by atoms with Gasteiger partial charge in [0.15, 0.2) is 12.1 Å². The maximum atomic E-state index is 12.1. The van der Waals surface area contributed by atoms with E-state index in [1.807, 2.05) is 0 Å². The van der Waals surface area contributed by atoms with Crippen molar-refractivity contribution in [2.75, 3.05) is 0 Å². The molecule has 0 aromatic carbocycles. The Morgan fingerprint density at radius 1 is 0.676 bits per heavy atom. The molecular formula is C27H49NO6. The van der Waals surface area contributed by atoms with Crippen LogP contribution in [0, 0.1) is 0 Å². The van der Waals surface area contributed by atoms with Crippen LogP contribution < -0.4 is 5.11 Å². The summed E-state index contributed by atoms with van der Waals surface area (Å²) in [5, 5.41) is 31.9. The predicted octanol–water partition coefficient (Wildman–Crippen LogP) is 5.27. The lowest BCUT2D eigenvalue weighted by Gasteiger charge is -2.48. The van der Waals surface area contributed by atoms with Gasteiger partial charge in [0.05, 0.1) is 12.2 Å². The van der Waals surface area contributed by atoms with Crippen LogP contribution in [-0.4, -0.2) is 50.7 Å². The van der Waals surface area contributed by atoms with E-state index in [1.54, 1.807) is 33.0 Å². The summed E-state index contributed by atoms with van der Waals surface area (Å²) in [5.41, 5.74) is 0. The lowest BCUT2D eigenvalue weighted by atomic mass is 9.95. The van der Waals surface area contributed by atoms with Crippen molar-refractivity contribution in [3.63, 3.8) is 0 Å². The topological polar surface area (TPSA) is 115 Å². The lowest BCUT2D eigenvalue weighted by Crippen LogP contribution is -2.70. The first-order valence-corrected chi connectivity index (χ1v) is 13.5. The number of carboxylic acid groups (broad SMARTS) is 3. The van der Waals surface area contributed by atoms with Crippen molar-refractivity contribution in [1.29, 1.82) is 0 Å². The number of hydrogen-bond donors (Lipinski definition) is 2. The average molecular weight is 484 g/mol. The zero-order valence-corrected chi connectivity index (χ0v) is 22.0. The molecule has 0 spiro atoms. The number of carbonyl (C=O) groups is 3. The Bertz CT molecular complexity index is 563. The van der Waals surface area contributed by atoms with Crippen molar-refractivity contribution in [3.8, 4) is 0 Å². The second kappa shape index (κ2) is 18.4. The standard InChI is InChI=1S/C27H49NO6/c1-5-9-10-11-12-13-14-15-16-17-18-19-20-21-28(22(6-2)25(29)30,23(7-3)26(31)32)24(8-4)27(33)34/h20-24H,5-19H2,1-4H3,(H2-,29,30,31,32,33,34)/b21-20+. The Labute approximate surface area is 206 Å². The summed E-state index contributed by atoms with van der Waals surface area (Å²) in [6.07, 6.45) is 17.7. The number of aliphatic carboxylic acids is 3. The molecule has 34 heavy (non-hydrogen) atoms. The lowest BCUT2D eigenvalue weighted by molar-refractivity contribution is -0.929. The third kappa shape index (κ3) is 10.2. The Morgan fingerprint density at radius 3 is 1.38 bits per heavy atom. The maximum Gasteiger partial charge on any atom is 0.362 e. The Morgan fingerprint density at radius 2 is 1.06 bits per heavy atom. The minimum Gasteiger partial charge on any atom is -0.544 e. The highest BCUT2D eigenvalue weighted by molar-refractivity contribution is 5.77. The highest BCUT2D eigenvalue weighted by Crippen LogP contribution is 2.32. The molecule has 0 radical (unpaired) electrons. The normalized spacial score (nSPS) is 16.1. The van der Waals surface area contributed by atoms with Crippen molar-refractivity contribution in [2.24, 2.45) is 0 Å². The van der Waals surface area contributed by atoms with Crippen molar-refractivity contribution in [2.45, 2.75) is 142 Å². The van der Waals surface area contributed by atoms with Gasteiger partial charge in [-0.25, -0.2) is 9.59 Å². The molecule has 7 nitrogen and oxygen atoms in total. The number of unbranched alkanes of at least 4 members (excludes halogenated alkanes) is 11. The summed E-state index contributed by atoms with van der Waals surface area (Å²) in [6, 6.07) is -3.62. The fourth-order valence-corrected chi connectivity index (χ4v) is 5.18. The molecule has 198 valence electrons. The molecule has 0 heterocycles. The second-order valence-electron chi connectivity index (χ2n) is 9.37. The summed E-state index contributed by atoms with van der Waals surface area (Å²) in [4.78, 5) is 36.3. The van der Waals surface area contributed by atoms with Crippen molar-refractivity contribution >= 4 is 17.9 Å². The van der Waals surface area contributed by atoms with Gasteiger partial charge in [-0.2, -0.15) is 0 Å². The first-order valence-electron chi connectivity index (χ1n) is 13.5. The molecule has 0 saturated heterocycles. The third-order valence-corrected chi connectivity index (χ3v) is 6.96. The molecule has 0 saturated carbocycles. The highest BCUT2D eigenvalue weighted by Gasteiger charge is 2.53. The van der Waals surface area contributed by atoms with Gasteiger partial charge in [0, 0.05) is 19.3 Å². The van der Waals surface area contributed by atoms with Crippen LogP contribution in [0.4, 0.5) is 0 Å². The van der Waals surface area contributed by atoms with Gasteiger partial charge in [0.1, 0.15) is 6.04 Å². The minimum atomic E-state index is -1.42. The molecule has 0 amide bonds. The first-order chi connectivity index (χ1) is 16.2. The molecule has 2 N–H and O–H groups in total. The molecule has 0 aliphatic heterocycles. The molecule has 0 bridgehead atoms. The molecule has 3 unspecified atom stereocenters. The van der Waals surface area contributed by atoms with E-state index in [1.165, 1.54) is 51.4 Å². The van der Waals surface area contributed by atoms with Gasteiger partial charge in [0.2, 0.25) is 0 Å². The van der Waals surface area contributed by atoms with Crippen LogP contribution in [0.2, 0.25) is 0 Å². The monoisotopic (exact) mass is 483 g/mol. The molecule has 0 aliphatic carbocycles. The van der Waals surface area contributed by atoms with Crippen molar-refractivity contribution < 1.29 is 34.2 Å². The number of allylic oxidation sites excluding steroid dienone is 1. The first kappa shape index (κ1) is 32.1. The molecule has 0 aliphatic rings. The highest BCUT2D eigenvalue weighted by atomic mass is 16.4. The van der Waals surface area contributed by atoms with E-state index in [9.17, 15) is 29.7 Å². The largest absolute Gasteiger partial charge is 0.544 e. The van der Waals surface area contributed by atoms with E-state index >= 15 is 0 Å². The fourth-order valence-electron chi connectivity index (χ4n) is 5.18. The van der Waals surface area contributed by atoms with Crippen LogP contribution in [0.5, 0.6) is 0 Å². The van der Waals surface area contributed by atoms with E-state index in [0.717, 1.165) is 19.3 Å². The van der Waals surface area contributed by atoms with Gasteiger partial charge < -0.3 is 20.1 Å². The van der Waals surface area contributed by atoms with Crippen LogP contribution >= 0.6 is 0 Å².